The summed E-state index contributed by atoms with van der Waals surface area (Å²) < 4.78 is 9.38. The fourth-order valence-corrected chi connectivity index (χ4v) is 0.686. The zero-order valence-electron chi connectivity index (χ0n) is 9.42. The number of rotatable bonds is 3. The molecule has 0 aromatic rings. The van der Waals surface area contributed by atoms with Gasteiger partial charge in [-0.25, -0.2) is 0 Å². The molecule has 82 valence electrons. The predicted molar refractivity (Wildman–Crippen MR) is 51.6 cm³/mol. The molecule has 0 aromatic carbocycles. The summed E-state index contributed by atoms with van der Waals surface area (Å²) in [5.41, 5.74) is -0.0918. The largest absolute Gasteiger partial charge is 0.468 e. The monoisotopic (exact) mass is 202 g/mol. The van der Waals surface area contributed by atoms with Crippen molar-refractivity contribution in [2.45, 2.75) is 27.7 Å². The van der Waals surface area contributed by atoms with Crippen molar-refractivity contribution in [1.82, 2.24) is 0 Å². The van der Waals surface area contributed by atoms with Gasteiger partial charge in [-0.05, 0) is 12.3 Å². The second-order valence-electron chi connectivity index (χ2n) is 4.41. The Kier molecular flexibility index (Phi) is 4.60. The molecule has 0 fully saturated rings. The SMILES string of the molecule is COC(=O)C(C)C(=O)OCC(C)(C)C. The maximum Gasteiger partial charge on any atom is 0.320 e. The molecule has 4 heteroatoms. The molecule has 1 atom stereocenters. The maximum absolute atomic E-state index is 11.3. The summed E-state index contributed by atoms with van der Waals surface area (Å²) in [7, 11) is 1.25. The van der Waals surface area contributed by atoms with Gasteiger partial charge in [-0.2, -0.15) is 0 Å². The number of methoxy groups -OCH3 is 1. The standard InChI is InChI=1S/C10H18O4/c1-7(8(11)13-5)9(12)14-6-10(2,3)4/h7H,6H2,1-5H3. The van der Waals surface area contributed by atoms with Crippen LogP contribution in [0.1, 0.15) is 27.7 Å². The molecule has 0 saturated heterocycles. The zero-order chi connectivity index (χ0) is 11.4. The summed E-state index contributed by atoms with van der Waals surface area (Å²) in [6, 6.07) is 0. The molecular formula is C10H18O4. The fourth-order valence-electron chi connectivity index (χ4n) is 0.686. The average Bonchev–Trinajstić information content (AvgIpc) is 2.10. The van der Waals surface area contributed by atoms with E-state index in [2.05, 4.69) is 4.74 Å². The van der Waals surface area contributed by atoms with Crippen LogP contribution in [-0.4, -0.2) is 25.7 Å². The minimum Gasteiger partial charge on any atom is -0.468 e. The van der Waals surface area contributed by atoms with E-state index in [-0.39, 0.29) is 5.41 Å². The van der Waals surface area contributed by atoms with Crippen molar-refractivity contribution in [2.24, 2.45) is 11.3 Å². The van der Waals surface area contributed by atoms with Crippen LogP contribution in [0.3, 0.4) is 0 Å². The van der Waals surface area contributed by atoms with E-state index >= 15 is 0 Å². The molecule has 4 nitrogen and oxygen atoms in total. The highest BCUT2D eigenvalue weighted by molar-refractivity contribution is 5.94. The third-order valence-electron chi connectivity index (χ3n) is 1.56. The van der Waals surface area contributed by atoms with Gasteiger partial charge in [-0.1, -0.05) is 20.8 Å². The molecule has 0 bridgehead atoms. The van der Waals surface area contributed by atoms with E-state index in [0.717, 1.165) is 0 Å². The van der Waals surface area contributed by atoms with Gasteiger partial charge in [-0.3, -0.25) is 9.59 Å². The highest BCUT2D eigenvalue weighted by Crippen LogP contribution is 2.14. The van der Waals surface area contributed by atoms with Crippen molar-refractivity contribution < 1.29 is 19.1 Å². The summed E-state index contributed by atoms with van der Waals surface area (Å²) in [5, 5.41) is 0. The van der Waals surface area contributed by atoms with E-state index in [9.17, 15) is 9.59 Å². The van der Waals surface area contributed by atoms with E-state index in [1.54, 1.807) is 0 Å². The molecule has 0 radical (unpaired) electrons. The van der Waals surface area contributed by atoms with Crippen molar-refractivity contribution in [2.75, 3.05) is 13.7 Å². The number of hydrogen-bond acceptors (Lipinski definition) is 4. The lowest BCUT2D eigenvalue weighted by molar-refractivity contribution is -0.161. The Bertz CT molecular complexity index is 215. The third-order valence-corrected chi connectivity index (χ3v) is 1.56. The summed E-state index contributed by atoms with van der Waals surface area (Å²) in [4.78, 5) is 22.2. The molecule has 0 heterocycles. The lowest BCUT2D eigenvalue weighted by Gasteiger charge is -2.19. The number of carbonyl (C=O) groups excluding carboxylic acids is 2. The minimum atomic E-state index is -0.845. The Morgan fingerprint density at radius 2 is 1.71 bits per heavy atom. The Balaban J connectivity index is 4.03. The van der Waals surface area contributed by atoms with Crippen LogP contribution in [-0.2, 0) is 19.1 Å². The highest BCUT2D eigenvalue weighted by Gasteiger charge is 2.25. The number of ether oxygens (including phenoxy) is 2. The Labute approximate surface area is 84.6 Å². The lowest BCUT2D eigenvalue weighted by Crippen LogP contribution is -2.27. The first-order valence-corrected chi connectivity index (χ1v) is 4.52. The molecular weight excluding hydrogens is 184 g/mol. The zero-order valence-corrected chi connectivity index (χ0v) is 9.42. The molecule has 0 aliphatic rings. The fraction of sp³-hybridized carbons (Fsp3) is 0.800. The van der Waals surface area contributed by atoms with Crippen molar-refractivity contribution in [1.29, 1.82) is 0 Å². The summed E-state index contributed by atoms with van der Waals surface area (Å²) in [5.74, 6) is -1.95. The molecule has 0 aromatic heterocycles. The Morgan fingerprint density at radius 3 is 2.07 bits per heavy atom. The third kappa shape index (κ3) is 4.84. The first kappa shape index (κ1) is 12.9. The summed E-state index contributed by atoms with van der Waals surface area (Å²) >= 11 is 0. The van der Waals surface area contributed by atoms with Gasteiger partial charge >= 0.3 is 11.9 Å². The van der Waals surface area contributed by atoms with Gasteiger partial charge in [0, 0.05) is 0 Å². The Hall–Kier alpha value is -1.06. The predicted octanol–water partition coefficient (Wildman–Crippen LogP) is 1.38. The molecule has 0 amide bonds. The number of carbonyl (C=O) groups is 2. The van der Waals surface area contributed by atoms with Gasteiger partial charge in [0.15, 0.2) is 5.92 Å². The van der Waals surface area contributed by atoms with Crippen molar-refractivity contribution in [3.8, 4) is 0 Å². The van der Waals surface area contributed by atoms with Gasteiger partial charge in [-0.15, -0.1) is 0 Å². The second kappa shape index (κ2) is 4.98. The smallest absolute Gasteiger partial charge is 0.320 e. The average molecular weight is 202 g/mol. The van der Waals surface area contributed by atoms with Crippen molar-refractivity contribution >= 4 is 11.9 Å². The molecule has 1 unspecified atom stereocenters. The van der Waals surface area contributed by atoms with Crippen LogP contribution in [0.2, 0.25) is 0 Å². The van der Waals surface area contributed by atoms with Gasteiger partial charge in [0.2, 0.25) is 0 Å². The van der Waals surface area contributed by atoms with Crippen LogP contribution in [0.15, 0.2) is 0 Å². The molecule has 14 heavy (non-hydrogen) atoms. The first-order valence-electron chi connectivity index (χ1n) is 4.52. The summed E-state index contributed by atoms with van der Waals surface area (Å²) in [6.45, 7) is 7.61. The van der Waals surface area contributed by atoms with Crippen LogP contribution in [0.4, 0.5) is 0 Å². The van der Waals surface area contributed by atoms with Crippen molar-refractivity contribution in [3.05, 3.63) is 0 Å². The van der Waals surface area contributed by atoms with E-state index in [0.29, 0.717) is 6.61 Å². The summed E-state index contributed by atoms with van der Waals surface area (Å²) in [6.07, 6.45) is 0. The van der Waals surface area contributed by atoms with E-state index in [4.69, 9.17) is 4.74 Å². The van der Waals surface area contributed by atoms with Crippen LogP contribution in [0, 0.1) is 11.3 Å². The van der Waals surface area contributed by atoms with E-state index in [1.165, 1.54) is 14.0 Å². The molecule has 0 N–H and O–H groups in total. The molecule has 0 aliphatic heterocycles. The van der Waals surface area contributed by atoms with Crippen LogP contribution in [0.5, 0.6) is 0 Å². The topological polar surface area (TPSA) is 52.6 Å². The quantitative estimate of drug-likeness (QED) is 0.512. The molecule has 0 aliphatic carbocycles. The normalized spacial score (nSPS) is 13.2. The molecule has 0 spiro atoms. The van der Waals surface area contributed by atoms with Gasteiger partial charge in [0.1, 0.15) is 0 Å². The van der Waals surface area contributed by atoms with Gasteiger partial charge in [0.05, 0.1) is 13.7 Å². The number of hydrogen-bond donors (Lipinski definition) is 0. The second-order valence-corrected chi connectivity index (χ2v) is 4.41. The molecule has 0 saturated carbocycles. The first-order chi connectivity index (χ1) is 6.28. The van der Waals surface area contributed by atoms with E-state index < -0.39 is 17.9 Å². The highest BCUT2D eigenvalue weighted by atomic mass is 16.5. The van der Waals surface area contributed by atoms with Gasteiger partial charge < -0.3 is 9.47 Å². The van der Waals surface area contributed by atoms with Crippen LogP contribution >= 0.6 is 0 Å². The maximum atomic E-state index is 11.3. The van der Waals surface area contributed by atoms with Crippen LogP contribution < -0.4 is 0 Å². The van der Waals surface area contributed by atoms with Crippen LogP contribution in [0.25, 0.3) is 0 Å². The minimum absolute atomic E-state index is 0.0918. The van der Waals surface area contributed by atoms with E-state index in [1.807, 2.05) is 20.8 Å². The number of esters is 2. The van der Waals surface area contributed by atoms with Gasteiger partial charge in [0.25, 0.3) is 0 Å². The van der Waals surface area contributed by atoms with Crippen molar-refractivity contribution in [3.63, 3.8) is 0 Å². The molecule has 0 rings (SSSR count). The lowest BCUT2D eigenvalue weighted by atomic mass is 9.98. The Morgan fingerprint density at radius 1 is 1.21 bits per heavy atom.